The molecule has 0 amide bonds. The lowest BCUT2D eigenvalue weighted by Crippen LogP contribution is -2.39. The molecule has 1 rings (SSSR count). The summed E-state index contributed by atoms with van der Waals surface area (Å²) >= 11 is 0. The molecule has 1 N–H and O–H groups in total. The van der Waals surface area contributed by atoms with Crippen molar-refractivity contribution in [3.05, 3.63) is 18.0 Å². The van der Waals surface area contributed by atoms with Gasteiger partial charge in [-0.3, -0.25) is 9.48 Å². The van der Waals surface area contributed by atoms with Crippen LogP contribution in [0.1, 0.15) is 32.3 Å². The van der Waals surface area contributed by atoms with Crippen molar-refractivity contribution in [3.8, 4) is 0 Å². The van der Waals surface area contributed by atoms with Crippen LogP contribution in [0.5, 0.6) is 0 Å². The summed E-state index contributed by atoms with van der Waals surface area (Å²) in [6, 6.07) is -0.241. The summed E-state index contributed by atoms with van der Waals surface area (Å²) in [5.41, 5.74) is 1.13. The van der Waals surface area contributed by atoms with Crippen LogP contribution in [-0.2, 0) is 16.1 Å². The summed E-state index contributed by atoms with van der Waals surface area (Å²) in [7, 11) is 0. The number of ether oxygens (including phenoxy) is 1. The van der Waals surface area contributed by atoms with Crippen LogP contribution in [-0.4, -0.2) is 34.9 Å². The van der Waals surface area contributed by atoms with Gasteiger partial charge in [-0.15, -0.1) is 0 Å². The van der Waals surface area contributed by atoms with Gasteiger partial charge in [0.05, 0.1) is 12.8 Å². The minimum Gasteiger partial charge on any atom is -0.465 e. The molecule has 0 radical (unpaired) electrons. The van der Waals surface area contributed by atoms with E-state index in [1.807, 2.05) is 30.9 Å². The number of carbonyl (C=O) groups is 1. The lowest BCUT2D eigenvalue weighted by molar-refractivity contribution is -0.145. The van der Waals surface area contributed by atoms with Crippen LogP contribution in [0.25, 0.3) is 0 Å². The molecule has 1 aromatic heterocycles. The van der Waals surface area contributed by atoms with E-state index in [1.165, 1.54) is 0 Å². The van der Waals surface area contributed by atoms with E-state index in [2.05, 4.69) is 17.3 Å². The Hall–Kier alpha value is -1.36. The minimum atomic E-state index is -0.241. The second kappa shape index (κ2) is 7.87. The molecule has 0 aliphatic carbocycles. The maximum Gasteiger partial charge on any atom is 0.323 e. The van der Waals surface area contributed by atoms with Gasteiger partial charge in [0.15, 0.2) is 0 Å². The highest BCUT2D eigenvalue weighted by atomic mass is 16.5. The van der Waals surface area contributed by atoms with Crippen LogP contribution < -0.4 is 5.32 Å². The largest absolute Gasteiger partial charge is 0.465 e. The zero-order valence-corrected chi connectivity index (χ0v) is 11.5. The summed E-state index contributed by atoms with van der Waals surface area (Å²) in [6.45, 7) is 7.86. The zero-order valence-electron chi connectivity index (χ0n) is 11.5. The highest BCUT2D eigenvalue weighted by Crippen LogP contribution is 2.01. The van der Waals surface area contributed by atoms with Crippen LogP contribution in [0.4, 0.5) is 0 Å². The first-order valence-electron chi connectivity index (χ1n) is 6.56. The van der Waals surface area contributed by atoms with Gasteiger partial charge in [0.25, 0.3) is 0 Å². The summed E-state index contributed by atoms with van der Waals surface area (Å²) in [6.07, 6.45) is 5.48. The predicted octanol–water partition coefficient (Wildman–Crippen LogP) is 1.51. The second-order valence-electron chi connectivity index (χ2n) is 4.33. The molecular weight excluding hydrogens is 230 g/mol. The molecule has 102 valence electrons. The second-order valence-corrected chi connectivity index (χ2v) is 4.33. The van der Waals surface area contributed by atoms with Crippen molar-refractivity contribution in [1.82, 2.24) is 15.1 Å². The minimum absolute atomic E-state index is 0.171. The first-order chi connectivity index (χ1) is 8.67. The van der Waals surface area contributed by atoms with Gasteiger partial charge in [-0.1, -0.05) is 6.92 Å². The fourth-order valence-corrected chi connectivity index (χ4v) is 1.72. The molecule has 0 aliphatic heterocycles. The Morgan fingerprint density at radius 3 is 2.89 bits per heavy atom. The van der Waals surface area contributed by atoms with Crippen molar-refractivity contribution in [2.45, 2.75) is 46.2 Å². The summed E-state index contributed by atoms with van der Waals surface area (Å²) in [5.74, 6) is -0.171. The van der Waals surface area contributed by atoms with Crippen molar-refractivity contribution in [2.24, 2.45) is 0 Å². The number of nitrogens with one attached hydrogen (secondary N) is 1. The summed E-state index contributed by atoms with van der Waals surface area (Å²) in [5, 5.41) is 7.43. The Labute approximate surface area is 109 Å². The van der Waals surface area contributed by atoms with Crippen LogP contribution in [0.15, 0.2) is 12.4 Å². The van der Waals surface area contributed by atoms with Crippen molar-refractivity contribution in [2.75, 3.05) is 13.2 Å². The molecule has 1 atom stereocenters. The molecule has 1 aromatic rings. The topological polar surface area (TPSA) is 56.2 Å². The average molecular weight is 253 g/mol. The monoisotopic (exact) mass is 253 g/mol. The maximum atomic E-state index is 11.8. The third kappa shape index (κ3) is 4.87. The third-order valence-corrected chi connectivity index (χ3v) is 2.62. The van der Waals surface area contributed by atoms with Crippen LogP contribution in [0.3, 0.4) is 0 Å². The van der Waals surface area contributed by atoms with E-state index in [0.717, 1.165) is 18.5 Å². The number of esters is 1. The fourth-order valence-electron chi connectivity index (χ4n) is 1.72. The van der Waals surface area contributed by atoms with Gasteiger partial charge in [-0.2, -0.15) is 5.10 Å². The Morgan fingerprint density at radius 1 is 1.56 bits per heavy atom. The van der Waals surface area contributed by atoms with Crippen LogP contribution >= 0.6 is 0 Å². The molecule has 0 saturated heterocycles. The normalized spacial score (nSPS) is 12.4. The molecule has 5 heteroatoms. The Morgan fingerprint density at radius 2 is 2.33 bits per heavy atom. The molecule has 0 bridgehead atoms. The fraction of sp³-hybridized carbons (Fsp3) is 0.692. The summed E-state index contributed by atoms with van der Waals surface area (Å²) < 4.78 is 6.92. The maximum absolute atomic E-state index is 11.8. The van der Waals surface area contributed by atoms with E-state index >= 15 is 0 Å². The number of carbonyl (C=O) groups excluding carboxylic acids is 1. The van der Waals surface area contributed by atoms with Crippen molar-refractivity contribution < 1.29 is 9.53 Å². The Kier molecular flexibility index (Phi) is 6.43. The molecule has 0 fully saturated rings. The Balaban J connectivity index is 2.46. The number of aromatic nitrogens is 2. The van der Waals surface area contributed by atoms with Crippen LogP contribution in [0, 0.1) is 6.92 Å². The zero-order chi connectivity index (χ0) is 13.4. The summed E-state index contributed by atoms with van der Waals surface area (Å²) in [4.78, 5) is 11.8. The van der Waals surface area contributed by atoms with Gasteiger partial charge in [-0.25, -0.2) is 0 Å². The standard InChI is InChI=1S/C13H23N3O2/c1-4-7-14-12(13(17)18-5-2)6-8-16-10-11(3)9-15-16/h9-10,12,14H,4-8H2,1-3H3. The highest BCUT2D eigenvalue weighted by molar-refractivity contribution is 5.75. The van der Waals surface area contributed by atoms with Crippen LogP contribution in [0.2, 0.25) is 0 Å². The number of nitrogens with zero attached hydrogens (tertiary/aromatic N) is 2. The van der Waals surface area contributed by atoms with Crippen molar-refractivity contribution in [1.29, 1.82) is 0 Å². The lowest BCUT2D eigenvalue weighted by atomic mass is 10.2. The average Bonchev–Trinajstić information content (AvgIpc) is 2.75. The van der Waals surface area contributed by atoms with E-state index < -0.39 is 0 Å². The Bertz CT molecular complexity index is 363. The molecule has 0 saturated carbocycles. The van der Waals surface area contributed by atoms with Gasteiger partial charge >= 0.3 is 5.97 Å². The number of hydrogen-bond donors (Lipinski definition) is 1. The molecule has 18 heavy (non-hydrogen) atoms. The molecule has 1 unspecified atom stereocenters. The number of rotatable bonds is 8. The predicted molar refractivity (Wildman–Crippen MR) is 70.3 cm³/mol. The number of hydrogen-bond acceptors (Lipinski definition) is 4. The SMILES string of the molecule is CCCNC(CCn1cc(C)cn1)C(=O)OCC. The smallest absolute Gasteiger partial charge is 0.323 e. The van der Waals surface area contributed by atoms with Gasteiger partial charge in [0, 0.05) is 12.7 Å². The molecular formula is C13H23N3O2. The van der Waals surface area contributed by atoms with Crippen molar-refractivity contribution in [3.63, 3.8) is 0 Å². The molecule has 1 heterocycles. The van der Waals surface area contributed by atoms with Gasteiger partial charge in [0.1, 0.15) is 6.04 Å². The first-order valence-corrected chi connectivity index (χ1v) is 6.56. The highest BCUT2D eigenvalue weighted by Gasteiger charge is 2.18. The molecule has 5 nitrogen and oxygen atoms in total. The van der Waals surface area contributed by atoms with Gasteiger partial charge in [-0.05, 0) is 38.8 Å². The van der Waals surface area contributed by atoms with Gasteiger partial charge in [0.2, 0.25) is 0 Å². The molecule has 0 aromatic carbocycles. The number of aryl methyl sites for hydroxylation is 2. The van der Waals surface area contributed by atoms with Crippen molar-refractivity contribution >= 4 is 5.97 Å². The third-order valence-electron chi connectivity index (χ3n) is 2.62. The van der Waals surface area contributed by atoms with E-state index in [9.17, 15) is 4.79 Å². The van der Waals surface area contributed by atoms with E-state index in [0.29, 0.717) is 19.6 Å². The molecule has 0 spiro atoms. The lowest BCUT2D eigenvalue weighted by Gasteiger charge is -2.16. The molecule has 0 aliphatic rings. The first kappa shape index (κ1) is 14.7. The van der Waals surface area contributed by atoms with Gasteiger partial charge < -0.3 is 10.1 Å². The quantitative estimate of drug-likeness (QED) is 0.714. The van der Waals surface area contributed by atoms with E-state index in [4.69, 9.17) is 4.74 Å². The van der Waals surface area contributed by atoms with E-state index in [1.54, 1.807) is 0 Å². The van der Waals surface area contributed by atoms with E-state index in [-0.39, 0.29) is 12.0 Å².